The number of benzene rings is 2. The van der Waals surface area contributed by atoms with Crippen molar-refractivity contribution < 1.29 is 6.15 Å². The Labute approximate surface area is 117 Å². The van der Waals surface area contributed by atoms with Gasteiger partial charge in [0.25, 0.3) is 0 Å². The van der Waals surface area contributed by atoms with Crippen molar-refractivity contribution in [1.82, 2.24) is 0 Å². The van der Waals surface area contributed by atoms with Crippen LogP contribution in [0.4, 0.5) is 0 Å². The van der Waals surface area contributed by atoms with Gasteiger partial charge in [0.2, 0.25) is 0 Å². The van der Waals surface area contributed by atoms with Gasteiger partial charge in [-0.15, -0.1) is 0 Å². The van der Waals surface area contributed by atoms with Crippen molar-refractivity contribution in [2.45, 2.75) is 0 Å². The Morgan fingerprint density at radius 3 is 1.35 bits per heavy atom. The van der Waals surface area contributed by atoms with E-state index in [4.69, 9.17) is 6.15 Å². The molecule has 0 spiro atoms. The zero-order chi connectivity index (χ0) is 12.1. The van der Waals surface area contributed by atoms with Crippen molar-refractivity contribution >= 4 is 40.2 Å². The Kier molecular flexibility index (Phi) is 4.76. The van der Waals surface area contributed by atoms with E-state index in [1.807, 2.05) is 60.7 Å². The number of halogens is 2. The summed E-state index contributed by atoms with van der Waals surface area (Å²) in [5.74, 6) is 1.60. The van der Waals surface area contributed by atoms with E-state index in [0.717, 1.165) is 11.5 Å². The average Bonchev–Trinajstić information content (AvgIpc) is 2.30. The van der Waals surface area contributed by atoms with Gasteiger partial charge in [-0.2, -0.15) is 0 Å². The Balaban J connectivity index is 2.04. The second-order valence-corrected chi connectivity index (χ2v) is 28.2. The molecule has 2 aromatic carbocycles. The number of hydrogen-bond donors (Lipinski definition) is 0. The van der Waals surface area contributed by atoms with Crippen molar-refractivity contribution in [3.05, 3.63) is 60.7 Å². The standard InChI is InChI=1S/2C6H6O.2BrH.Sn/c2*7-6-4-2-1-3-5-6;;;/h2*1-5,7H;2*1H;/q;;;;+4/p-4. The van der Waals surface area contributed by atoms with Crippen molar-refractivity contribution in [1.29, 1.82) is 0 Å². The molecule has 0 aromatic heterocycles. The molecule has 2 nitrogen and oxygen atoms in total. The molecule has 0 amide bonds. The Bertz CT molecular complexity index is 419. The van der Waals surface area contributed by atoms with E-state index in [2.05, 4.69) is 25.4 Å². The van der Waals surface area contributed by atoms with Crippen LogP contribution in [-0.2, 0) is 0 Å². The Morgan fingerprint density at radius 2 is 1.00 bits per heavy atom. The molecule has 2 rings (SSSR count). The molecule has 17 heavy (non-hydrogen) atoms. The molecule has 0 radical (unpaired) electrons. The van der Waals surface area contributed by atoms with Crippen LogP contribution < -0.4 is 6.15 Å². The zero-order valence-electron chi connectivity index (χ0n) is 8.85. The molecule has 88 valence electrons. The van der Waals surface area contributed by atoms with Gasteiger partial charge in [0.15, 0.2) is 0 Å². The van der Waals surface area contributed by atoms with E-state index >= 15 is 0 Å². The van der Waals surface area contributed by atoms with Crippen LogP contribution in [-0.4, -0.2) is 14.8 Å². The van der Waals surface area contributed by atoms with Crippen LogP contribution in [0, 0.1) is 0 Å². The molecular formula is C12H10Br2O2Sn. The topological polar surface area (TPSA) is 18.5 Å². The molecule has 0 fully saturated rings. The van der Waals surface area contributed by atoms with Gasteiger partial charge < -0.3 is 0 Å². The second kappa shape index (κ2) is 6.11. The van der Waals surface area contributed by atoms with Gasteiger partial charge in [0.1, 0.15) is 0 Å². The van der Waals surface area contributed by atoms with E-state index in [-0.39, 0.29) is 0 Å². The first-order valence-corrected chi connectivity index (χ1v) is 20.1. The van der Waals surface area contributed by atoms with Crippen LogP contribution >= 0.6 is 25.4 Å². The third kappa shape index (κ3) is 4.52. The summed E-state index contributed by atoms with van der Waals surface area (Å²) < 4.78 is 11.7. The van der Waals surface area contributed by atoms with Gasteiger partial charge in [0.05, 0.1) is 0 Å². The predicted octanol–water partition coefficient (Wildman–Crippen LogP) is 4.37. The molecule has 0 aliphatic carbocycles. The summed E-state index contributed by atoms with van der Waals surface area (Å²) in [5, 5.41) is 0. The maximum absolute atomic E-state index is 5.83. The summed E-state index contributed by atoms with van der Waals surface area (Å²) in [4.78, 5) is 0. The first-order valence-electron chi connectivity index (χ1n) is 5.02. The van der Waals surface area contributed by atoms with E-state index < -0.39 is 14.8 Å². The molecule has 0 N–H and O–H groups in total. The Hall–Kier alpha value is -0.201. The van der Waals surface area contributed by atoms with Crippen LogP contribution in [0.15, 0.2) is 60.7 Å². The first-order chi connectivity index (χ1) is 8.16. The maximum atomic E-state index is 5.83. The van der Waals surface area contributed by atoms with E-state index in [9.17, 15) is 0 Å². The third-order valence-electron chi connectivity index (χ3n) is 1.96. The van der Waals surface area contributed by atoms with E-state index in [1.54, 1.807) is 0 Å². The van der Waals surface area contributed by atoms with Crippen molar-refractivity contribution in [3.8, 4) is 11.5 Å². The molecule has 2 aromatic rings. The Morgan fingerprint density at radius 1 is 0.647 bits per heavy atom. The van der Waals surface area contributed by atoms with Crippen molar-refractivity contribution in [2.24, 2.45) is 0 Å². The average molecular weight is 465 g/mol. The van der Waals surface area contributed by atoms with E-state index in [1.165, 1.54) is 0 Å². The van der Waals surface area contributed by atoms with Gasteiger partial charge in [-0.05, 0) is 0 Å². The third-order valence-corrected chi connectivity index (χ3v) is 9.01. The molecule has 0 saturated carbocycles. The van der Waals surface area contributed by atoms with Gasteiger partial charge in [0, 0.05) is 0 Å². The zero-order valence-corrected chi connectivity index (χ0v) is 14.9. The van der Waals surface area contributed by atoms with Gasteiger partial charge in [-0.1, -0.05) is 0 Å². The molecule has 0 aliphatic heterocycles. The monoisotopic (exact) mass is 464 g/mol. The summed E-state index contributed by atoms with van der Waals surface area (Å²) in [7, 11) is 0. The minimum atomic E-state index is -3.32. The fourth-order valence-electron chi connectivity index (χ4n) is 1.27. The number of hydrogen-bond acceptors (Lipinski definition) is 2. The molecular weight excluding hydrogens is 455 g/mol. The van der Waals surface area contributed by atoms with Gasteiger partial charge in [-0.3, -0.25) is 0 Å². The number of rotatable bonds is 4. The molecule has 5 heteroatoms. The fraction of sp³-hybridized carbons (Fsp3) is 0. The van der Waals surface area contributed by atoms with Crippen LogP contribution in [0.25, 0.3) is 0 Å². The van der Waals surface area contributed by atoms with Crippen LogP contribution in [0.3, 0.4) is 0 Å². The van der Waals surface area contributed by atoms with E-state index in [0.29, 0.717) is 0 Å². The normalized spacial score (nSPS) is 10.9. The molecule has 0 saturated heterocycles. The summed E-state index contributed by atoms with van der Waals surface area (Å²) in [6, 6.07) is 19.2. The molecule has 0 bridgehead atoms. The fourth-order valence-corrected chi connectivity index (χ4v) is 8.75. The van der Waals surface area contributed by atoms with Gasteiger partial charge in [-0.25, -0.2) is 0 Å². The quantitative estimate of drug-likeness (QED) is 0.626. The molecule has 0 heterocycles. The van der Waals surface area contributed by atoms with Crippen molar-refractivity contribution in [2.75, 3.05) is 0 Å². The first kappa shape index (κ1) is 13.2. The van der Waals surface area contributed by atoms with Crippen molar-refractivity contribution in [3.63, 3.8) is 0 Å². The summed E-state index contributed by atoms with van der Waals surface area (Å²) >= 11 is 3.75. The van der Waals surface area contributed by atoms with Crippen LogP contribution in [0.5, 0.6) is 11.5 Å². The molecule has 0 aliphatic rings. The van der Waals surface area contributed by atoms with Crippen LogP contribution in [0.1, 0.15) is 0 Å². The SMILES string of the molecule is [Br][Sn]([Br])([O]c1ccccc1)[O]c1ccccc1. The summed E-state index contributed by atoms with van der Waals surface area (Å²) in [6.07, 6.45) is 0. The predicted molar refractivity (Wildman–Crippen MR) is 77.7 cm³/mol. The minimum absolute atomic E-state index is 0.799. The molecule has 0 unspecified atom stereocenters. The molecule has 0 atom stereocenters. The summed E-state index contributed by atoms with van der Waals surface area (Å²) in [5.41, 5.74) is 0. The number of para-hydroxylation sites is 2. The van der Waals surface area contributed by atoms with Gasteiger partial charge >= 0.3 is 118 Å². The van der Waals surface area contributed by atoms with Crippen LogP contribution in [0.2, 0.25) is 0 Å². The summed E-state index contributed by atoms with van der Waals surface area (Å²) in [6.45, 7) is 0. The second-order valence-electron chi connectivity index (χ2n) is 3.29.